The summed E-state index contributed by atoms with van der Waals surface area (Å²) in [5.41, 5.74) is 4.95. The van der Waals surface area contributed by atoms with E-state index >= 15 is 0 Å². The first-order valence-corrected chi connectivity index (χ1v) is 6.64. The maximum absolute atomic E-state index is 11.1. The Bertz CT molecular complexity index is 616. The predicted octanol–water partition coefficient (Wildman–Crippen LogP) is 3.86. The molecule has 2 aromatic rings. The maximum Gasteiger partial charge on any atom is 0.303 e. The molecule has 0 fully saturated rings. The van der Waals surface area contributed by atoms with Crippen molar-refractivity contribution >= 4 is 5.97 Å². The van der Waals surface area contributed by atoms with Crippen LogP contribution in [0, 0.1) is 0 Å². The van der Waals surface area contributed by atoms with Crippen LogP contribution in [0.25, 0.3) is 11.1 Å². The molecule has 1 aliphatic carbocycles. The molecule has 2 aromatic carbocycles. The van der Waals surface area contributed by atoms with Crippen LogP contribution < -0.4 is 0 Å². The molecule has 0 unspecified atom stereocenters. The van der Waals surface area contributed by atoms with Crippen molar-refractivity contribution in [1.82, 2.24) is 0 Å². The monoisotopic (exact) mass is 252 g/mol. The molecule has 0 bridgehead atoms. The summed E-state index contributed by atoms with van der Waals surface area (Å²) in [6, 6.07) is 16.6. The molecule has 1 aliphatic rings. The quantitative estimate of drug-likeness (QED) is 0.881. The Morgan fingerprint density at radius 3 is 2.53 bits per heavy atom. The van der Waals surface area contributed by atoms with Crippen LogP contribution in [0.2, 0.25) is 0 Å². The summed E-state index contributed by atoms with van der Waals surface area (Å²) in [6.45, 7) is 0. The summed E-state index contributed by atoms with van der Waals surface area (Å²) in [5.74, 6) is -0.605. The zero-order valence-corrected chi connectivity index (χ0v) is 10.7. The highest BCUT2D eigenvalue weighted by atomic mass is 16.4. The van der Waals surface area contributed by atoms with Crippen LogP contribution in [0.1, 0.15) is 29.9 Å². The van der Waals surface area contributed by atoms with Gasteiger partial charge in [-0.3, -0.25) is 4.79 Å². The summed E-state index contributed by atoms with van der Waals surface area (Å²) < 4.78 is 0. The number of fused-ring (bicyclic) bond motifs is 3. The lowest BCUT2D eigenvalue weighted by atomic mass is 9.89. The van der Waals surface area contributed by atoms with Crippen LogP contribution in [0.5, 0.6) is 0 Å². The van der Waals surface area contributed by atoms with Gasteiger partial charge in [0.1, 0.15) is 0 Å². The molecule has 0 spiro atoms. The second-order valence-electron chi connectivity index (χ2n) is 5.08. The van der Waals surface area contributed by atoms with E-state index in [1.54, 1.807) is 0 Å². The van der Waals surface area contributed by atoms with Gasteiger partial charge in [-0.25, -0.2) is 0 Å². The first kappa shape index (κ1) is 12.0. The van der Waals surface area contributed by atoms with Crippen molar-refractivity contribution in [3.63, 3.8) is 0 Å². The van der Waals surface area contributed by atoms with Gasteiger partial charge in [0.25, 0.3) is 0 Å². The van der Waals surface area contributed by atoms with Gasteiger partial charge in [0.15, 0.2) is 0 Å². The summed E-state index contributed by atoms with van der Waals surface area (Å²) in [4.78, 5) is 11.1. The molecule has 2 nitrogen and oxygen atoms in total. The van der Waals surface area contributed by atoms with E-state index in [9.17, 15) is 4.79 Å². The Labute approximate surface area is 112 Å². The third-order valence-corrected chi connectivity index (χ3v) is 3.89. The second-order valence-corrected chi connectivity index (χ2v) is 5.08. The van der Waals surface area contributed by atoms with E-state index in [1.807, 2.05) is 18.2 Å². The average Bonchev–Trinajstić information content (AvgIpc) is 2.57. The fourth-order valence-corrected chi connectivity index (χ4v) is 3.01. The second kappa shape index (κ2) is 4.88. The fraction of sp³-hybridized carbons (Fsp3) is 0.235. The first-order chi connectivity index (χ1) is 9.25. The van der Waals surface area contributed by atoms with E-state index < -0.39 is 5.97 Å². The molecule has 1 N–H and O–H groups in total. The van der Waals surface area contributed by atoms with Gasteiger partial charge in [0.2, 0.25) is 0 Å². The Morgan fingerprint density at radius 2 is 1.74 bits per heavy atom. The standard InChI is InChI=1S/C17H16O2/c18-17(19)11-13-10-9-12-5-1-2-6-14(12)16-8-4-3-7-15(13)16/h1-8,13H,9-11H2,(H,18,19)/t13-/m1/s1. The number of aryl methyl sites for hydroxylation is 1. The molecule has 2 heteroatoms. The van der Waals surface area contributed by atoms with Crippen molar-refractivity contribution in [3.05, 3.63) is 59.7 Å². The number of carboxylic acid groups (broad SMARTS) is 1. The number of aliphatic carboxylic acids is 1. The van der Waals surface area contributed by atoms with Crippen molar-refractivity contribution in [2.45, 2.75) is 25.2 Å². The topological polar surface area (TPSA) is 37.3 Å². The number of hydrogen-bond acceptors (Lipinski definition) is 1. The largest absolute Gasteiger partial charge is 0.481 e. The number of benzene rings is 2. The third-order valence-electron chi connectivity index (χ3n) is 3.89. The molecule has 0 aromatic heterocycles. The lowest BCUT2D eigenvalue weighted by Crippen LogP contribution is -2.07. The minimum absolute atomic E-state index is 0.112. The van der Waals surface area contributed by atoms with Gasteiger partial charge >= 0.3 is 5.97 Å². The Balaban J connectivity index is 2.13. The van der Waals surface area contributed by atoms with Gasteiger partial charge < -0.3 is 5.11 Å². The van der Waals surface area contributed by atoms with Gasteiger partial charge in [-0.05, 0) is 41.0 Å². The van der Waals surface area contributed by atoms with Gasteiger partial charge in [-0.1, -0.05) is 48.5 Å². The molecule has 19 heavy (non-hydrogen) atoms. The first-order valence-electron chi connectivity index (χ1n) is 6.64. The van der Waals surface area contributed by atoms with Crippen LogP contribution in [-0.4, -0.2) is 11.1 Å². The van der Waals surface area contributed by atoms with Crippen LogP contribution >= 0.6 is 0 Å². The Kier molecular flexibility index (Phi) is 3.08. The fourth-order valence-electron chi connectivity index (χ4n) is 3.01. The molecule has 3 rings (SSSR count). The molecule has 0 heterocycles. The molecular formula is C17H16O2. The van der Waals surface area contributed by atoms with Crippen molar-refractivity contribution in [2.75, 3.05) is 0 Å². The Morgan fingerprint density at radius 1 is 1.05 bits per heavy atom. The smallest absolute Gasteiger partial charge is 0.303 e. The van der Waals surface area contributed by atoms with Crippen molar-refractivity contribution in [1.29, 1.82) is 0 Å². The lowest BCUT2D eigenvalue weighted by molar-refractivity contribution is -0.137. The van der Waals surface area contributed by atoms with Crippen molar-refractivity contribution in [2.24, 2.45) is 0 Å². The highest BCUT2D eigenvalue weighted by molar-refractivity contribution is 5.74. The highest BCUT2D eigenvalue weighted by Crippen LogP contribution is 2.39. The van der Waals surface area contributed by atoms with E-state index in [2.05, 4.69) is 30.3 Å². The number of carboxylic acids is 1. The zero-order chi connectivity index (χ0) is 13.2. The van der Waals surface area contributed by atoms with Gasteiger partial charge in [0, 0.05) is 0 Å². The molecule has 0 saturated carbocycles. The minimum atomic E-state index is -0.717. The lowest BCUT2D eigenvalue weighted by Gasteiger charge is -2.15. The molecule has 0 radical (unpaired) electrons. The number of hydrogen-bond donors (Lipinski definition) is 1. The van der Waals surface area contributed by atoms with E-state index in [0.29, 0.717) is 0 Å². The van der Waals surface area contributed by atoms with Crippen LogP contribution in [0.15, 0.2) is 48.5 Å². The summed E-state index contributed by atoms with van der Waals surface area (Å²) in [6.07, 6.45) is 2.06. The zero-order valence-electron chi connectivity index (χ0n) is 10.7. The highest BCUT2D eigenvalue weighted by Gasteiger charge is 2.23. The van der Waals surface area contributed by atoms with E-state index in [0.717, 1.165) is 12.8 Å². The van der Waals surface area contributed by atoms with E-state index in [4.69, 9.17) is 5.11 Å². The third kappa shape index (κ3) is 2.26. The predicted molar refractivity (Wildman–Crippen MR) is 75.2 cm³/mol. The SMILES string of the molecule is O=C(O)C[C@H]1CCc2ccccc2-c2ccccc21. The van der Waals surface area contributed by atoms with E-state index in [1.165, 1.54) is 22.3 Å². The van der Waals surface area contributed by atoms with Crippen molar-refractivity contribution in [3.8, 4) is 11.1 Å². The minimum Gasteiger partial charge on any atom is -0.481 e. The molecular weight excluding hydrogens is 236 g/mol. The van der Waals surface area contributed by atoms with Gasteiger partial charge in [-0.2, -0.15) is 0 Å². The summed E-state index contributed by atoms with van der Waals surface area (Å²) in [7, 11) is 0. The molecule has 1 atom stereocenters. The van der Waals surface area contributed by atoms with Crippen LogP contribution in [-0.2, 0) is 11.2 Å². The average molecular weight is 252 g/mol. The molecule has 96 valence electrons. The molecule has 0 saturated heterocycles. The maximum atomic E-state index is 11.1. The number of rotatable bonds is 2. The van der Waals surface area contributed by atoms with E-state index in [-0.39, 0.29) is 12.3 Å². The van der Waals surface area contributed by atoms with Crippen molar-refractivity contribution < 1.29 is 9.90 Å². The molecule has 0 aliphatic heterocycles. The van der Waals surface area contributed by atoms with Crippen LogP contribution in [0.3, 0.4) is 0 Å². The summed E-state index contributed by atoms with van der Waals surface area (Å²) in [5, 5.41) is 9.10. The van der Waals surface area contributed by atoms with Gasteiger partial charge in [0.05, 0.1) is 6.42 Å². The normalized spacial score (nSPS) is 17.2. The number of carbonyl (C=O) groups is 1. The molecule has 0 amide bonds. The van der Waals surface area contributed by atoms with Gasteiger partial charge in [-0.15, -0.1) is 0 Å². The summed E-state index contributed by atoms with van der Waals surface area (Å²) >= 11 is 0. The Hall–Kier alpha value is -2.09. The van der Waals surface area contributed by atoms with Crippen LogP contribution in [0.4, 0.5) is 0 Å².